The zero-order valence-electron chi connectivity index (χ0n) is 14.2. The lowest BCUT2D eigenvalue weighted by molar-refractivity contribution is 0.301. The van der Waals surface area contributed by atoms with Crippen LogP contribution in [0.3, 0.4) is 0 Å². The molecule has 134 valence electrons. The van der Waals surface area contributed by atoms with Gasteiger partial charge in [-0.2, -0.15) is 0 Å². The summed E-state index contributed by atoms with van der Waals surface area (Å²) in [6.07, 6.45) is 0. The Balaban J connectivity index is 1.78. The molecule has 0 fully saturated rings. The maximum atomic E-state index is 13.1. The van der Waals surface area contributed by atoms with Gasteiger partial charge in [-0.25, -0.2) is 4.39 Å². The lowest BCUT2D eigenvalue weighted by Gasteiger charge is -2.16. The Morgan fingerprint density at radius 3 is 2.46 bits per heavy atom. The molecule has 1 N–H and O–H groups in total. The maximum absolute atomic E-state index is 13.1. The summed E-state index contributed by atoms with van der Waals surface area (Å²) in [5.41, 5.74) is 4.22. The van der Waals surface area contributed by atoms with Gasteiger partial charge in [0.2, 0.25) is 0 Å². The van der Waals surface area contributed by atoms with Crippen LogP contribution in [0.15, 0.2) is 69.6 Å². The standard InChI is InChI=1S/C21H18Br2FNO/c1-14-4-2-3-5-20(14)25-12-16-10-17(22)11-19(23)21(16)26-13-15-6-8-18(24)9-7-15/h2-11,25H,12-13H2,1H3. The summed E-state index contributed by atoms with van der Waals surface area (Å²) < 4.78 is 20.9. The number of ether oxygens (including phenoxy) is 1. The van der Waals surface area contributed by atoms with Crippen LogP contribution in [-0.4, -0.2) is 0 Å². The van der Waals surface area contributed by atoms with Crippen LogP contribution in [0.25, 0.3) is 0 Å². The number of halogens is 3. The zero-order valence-corrected chi connectivity index (χ0v) is 17.4. The number of anilines is 1. The highest BCUT2D eigenvalue weighted by atomic mass is 79.9. The van der Waals surface area contributed by atoms with Crippen molar-refractivity contribution < 1.29 is 9.13 Å². The Morgan fingerprint density at radius 2 is 1.73 bits per heavy atom. The normalized spacial score (nSPS) is 10.6. The van der Waals surface area contributed by atoms with Gasteiger partial charge in [0.1, 0.15) is 18.2 Å². The van der Waals surface area contributed by atoms with Crippen LogP contribution in [0.2, 0.25) is 0 Å². The molecule has 3 aromatic carbocycles. The molecule has 0 aliphatic carbocycles. The number of hydrogen-bond acceptors (Lipinski definition) is 2. The second-order valence-corrected chi connectivity index (χ2v) is 7.73. The largest absolute Gasteiger partial charge is 0.487 e. The first-order chi connectivity index (χ1) is 12.5. The van der Waals surface area contributed by atoms with Gasteiger partial charge in [-0.05, 0) is 64.3 Å². The van der Waals surface area contributed by atoms with Crippen LogP contribution in [0.4, 0.5) is 10.1 Å². The molecule has 0 saturated carbocycles. The Labute approximate surface area is 169 Å². The molecule has 0 atom stereocenters. The van der Waals surface area contributed by atoms with E-state index in [0.29, 0.717) is 13.2 Å². The predicted molar refractivity (Wildman–Crippen MR) is 111 cm³/mol. The molecule has 5 heteroatoms. The first-order valence-electron chi connectivity index (χ1n) is 8.17. The Morgan fingerprint density at radius 1 is 1.00 bits per heavy atom. The van der Waals surface area contributed by atoms with Gasteiger partial charge in [0, 0.05) is 22.3 Å². The molecule has 0 unspecified atom stereocenters. The van der Waals surface area contributed by atoms with E-state index in [1.54, 1.807) is 12.1 Å². The average molecular weight is 479 g/mol. The molecule has 0 heterocycles. The third-order valence-electron chi connectivity index (χ3n) is 4.00. The molecule has 0 spiro atoms. The molecule has 0 aromatic heterocycles. The highest BCUT2D eigenvalue weighted by Gasteiger charge is 2.11. The van der Waals surface area contributed by atoms with E-state index in [4.69, 9.17) is 4.74 Å². The molecule has 0 bridgehead atoms. The summed E-state index contributed by atoms with van der Waals surface area (Å²) in [7, 11) is 0. The van der Waals surface area contributed by atoms with Crippen molar-refractivity contribution in [2.24, 2.45) is 0 Å². The minimum absolute atomic E-state index is 0.248. The Kier molecular flexibility index (Phi) is 6.33. The van der Waals surface area contributed by atoms with E-state index in [0.717, 1.165) is 31.5 Å². The zero-order chi connectivity index (χ0) is 18.5. The smallest absolute Gasteiger partial charge is 0.139 e. The number of rotatable bonds is 6. The average Bonchev–Trinajstić information content (AvgIpc) is 2.61. The summed E-state index contributed by atoms with van der Waals surface area (Å²) >= 11 is 7.12. The first-order valence-corrected chi connectivity index (χ1v) is 9.76. The molecule has 0 saturated heterocycles. The van der Waals surface area contributed by atoms with Crippen LogP contribution < -0.4 is 10.1 Å². The van der Waals surface area contributed by atoms with Crippen molar-refractivity contribution in [2.45, 2.75) is 20.1 Å². The monoisotopic (exact) mass is 477 g/mol. The van der Waals surface area contributed by atoms with Gasteiger partial charge in [-0.3, -0.25) is 0 Å². The molecular weight excluding hydrogens is 461 g/mol. The van der Waals surface area contributed by atoms with Gasteiger partial charge in [0.05, 0.1) is 4.47 Å². The van der Waals surface area contributed by atoms with E-state index < -0.39 is 0 Å². The lowest BCUT2D eigenvalue weighted by atomic mass is 10.1. The third-order valence-corrected chi connectivity index (χ3v) is 5.04. The topological polar surface area (TPSA) is 21.3 Å². The second-order valence-electron chi connectivity index (χ2n) is 5.96. The van der Waals surface area contributed by atoms with Crippen molar-refractivity contribution in [3.63, 3.8) is 0 Å². The molecule has 0 amide bonds. The molecule has 26 heavy (non-hydrogen) atoms. The van der Waals surface area contributed by atoms with Gasteiger partial charge in [0.25, 0.3) is 0 Å². The molecular formula is C21H18Br2FNO. The number of nitrogens with one attached hydrogen (secondary N) is 1. The van der Waals surface area contributed by atoms with Crippen LogP contribution >= 0.6 is 31.9 Å². The quantitative estimate of drug-likeness (QED) is 0.418. The van der Waals surface area contributed by atoms with E-state index in [2.05, 4.69) is 56.2 Å². The molecule has 2 nitrogen and oxygen atoms in total. The van der Waals surface area contributed by atoms with E-state index in [1.165, 1.54) is 17.7 Å². The summed E-state index contributed by atoms with van der Waals surface area (Å²) in [6.45, 7) is 3.07. The van der Waals surface area contributed by atoms with Crippen LogP contribution in [0.1, 0.15) is 16.7 Å². The van der Waals surface area contributed by atoms with Crippen molar-refractivity contribution in [1.29, 1.82) is 0 Å². The minimum atomic E-state index is -0.248. The van der Waals surface area contributed by atoms with Crippen molar-refractivity contribution in [1.82, 2.24) is 0 Å². The Bertz CT molecular complexity index is 897. The van der Waals surface area contributed by atoms with E-state index in [9.17, 15) is 4.39 Å². The van der Waals surface area contributed by atoms with Gasteiger partial charge in [0.15, 0.2) is 0 Å². The van der Waals surface area contributed by atoms with Crippen molar-refractivity contribution in [3.05, 3.63) is 92.1 Å². The van der Waals surface area contributed by atoms with Crippen LogP contribution in [0, 0.1) is 12.7 Å². The van der Waals surface area contributed by atoms with Crippen molar-refractivity contribution >= 4 is 37.5 Å². The number of para-hydroxylation sites is 1. The van der Waals surface area contributed by atoms with E-state index >= 15 is 0 Å². The minimum Gasteiger partial charge on any atom is -0.487 e. The fraction of sp³-hybridized carbons (Fsp3) is 0.143. The van der Waals surface area contributed by atoms with Gasteiger partial charge in [-0.15, -0.1) is 0 Å². The summed E-state index contributed by atoms with van der Waals surface area (Å²) in [6, 6.07) is 18.5. The van der Waals surface area contributed by atoms with E-state index in [1.807, 2.05) is 24.3 Å². The van der Waals surface area contributed by atoms with Crippen molar-refractivity contribution in [2.75, 3.05) is 5.32 Å². The van der Waals surface area contributed by atoms with Gasteiger partial charge < -0.3 is 10.1 Å². The predicted octanol–water partition coefficient (Wildman–Crippen LogP) is 6.85. The van der Waals surface area contributed by atoms with Crippen molar-refractivity contribution in [3.8, 4) is 5.75 Å². The van der Waals surface area contributed by atoms with Gasteiger partial charge >= 0.3 is 0 Å². The summed E-state index contributed by atoms with van der Waals surface area (Å²) in [4.78, 5) is 0. The third kappa shape index (κ3) is 4.86. The molecule has 0 aliphatic rings. The number of hydrogen-bond donors (Lipinski definition) is 1. The Hall–Kier alpha value is -1.85. The molecule has 3 rings (SSSR count). The second kappa shape index (κ2) is 8.69. The molecule has 0 radical (unpaired) electrons. The van der Waals surface area contributed by atoms with Crippen LogP contribution in [-0.2, 0) is 13.2 Å². The maximum Gasteiger partial charge on any atom is 0.139 e. The van der Waals surface area contributed by atoms with E-state index in [-0.39, 0.29) is 5.82 Å². The SMILES string of the molecule is Cc1ccccc1NCc1cc(Br)cc(Br)c1OCc1ccc(F)cc1. The first kappa shape index (κ1) is 18.9. The van der Waals surface area contributed by atoms with Crippen LogP contribution in [0.5, 0.6) is 5.75 Å². The fourth-order valence-electron chi connectivity index (χ4n) is 2.60. The summed E-state index contributed by atoms with van der Waals surface area (Å²) in [5, 5.41) is 3.46. The molecule has 0 aliphatic heterocycles. The lowest BCUT2D eigenvalue weighted by Crippen LogP contribution is -2.05. The summed E-state index contributed by atoms with van der Waals surface area (Å²) in [5.74, 6) is 0.528. The highest BCUT2D eigenvalue weighted by Crippen LogP contribution is 2.34. The highest BCUT2D eigenvalue weighted by molar-refractivity contribution is 9.11. The number of aryl methyl sites for hydroxylation is 1. The fourth-order valence-corrected chi connectivity index (χ4v) is 4.03. The number of benzene rings is 3. The van der Waals surface area contributed by atoms with Gasteiger partial charge in [-0.1, -0.05) is 46.3 Å². The molecule has 3 aromatic rings.